The van der Waals surface area contributed by atoms with Crippen LogP contribution in [0.15, 0.2) is 35.3 Å². The van der Waals surface area contributed by atoms with E-state index in [2.05, 4.69) is 60.3 Å². The standard InChI is InChI=1S/C27H39N3O/c1-25(2)18-30(12-10-23(25)28)24(31)27-15-19-13-26(17-27,21-7-5-4-6-8-21)14-20(16-27)22(19)9-11-29-3/h4-8,11,19-20,22-23H,9-10,12-18,28H2,1-3H3/t19?,20?,22?,23-,26?,27?/m0/s1. The van der Waals surface area contributed by atoms with Crippen LogP contribution in [0.2, 0.25) is 0 Å². The van der Waals surface area contributed by atoms with Crippen LogP contribution in [-0.2, 0) is 10.2 Å². The number of carbonyl (C=O) groups excluding carboxylic acids is 1. The second-order valence-corrected chi connectivity index (χ2v) is 11.9. The number of piperidine rings is 1. The summed E-state index contributed by atoms with van der Waals surface area (Å²) in [6, 6.07) is 11.3. The average Bonchev–Trinajstić information content (AvgIpc) is 2.75. The van der Waals surface area contributed by atoms with E-state index >= 15 is 0 Å². The van der Waals surface area contributed by atoms with E-state index in [0.717, 1.165) is 45.2 Å². The molecule has 4 bridgehead atoms. The van der Waals surface area contributed by atoms with Gasteiger partial charge in [-0.2, -0.15) is 0 Å². The second-order valence-electron chi connectivity index (χ2n) is 11.9. The Morgan fingerprint density at radius 3 is 2.45 bits per heavy atom. The summed E-state index contributed by atoms with van der Waals surface area (Å²) in [6.45, 7) is 6.07. The molecule has 0 radical (unpaired) electrons. The van der Waals surface area contributed by atoms with Crippen molar-refractivity contribution >= 4 is 12.1 Å². The first-order valence-corrected chi connectivity index (χ1v) is 12.3. The molecule has 4 saturated carbocycles. The maximum atomic E-state index is 14.2. The number of carbonyl (C=O) groups is 1. The molecule has 1 saturated heterocycles. The largest absolute Gasteiger partial charge is 0.342 e. The molecule has 2 N–H and O–H groups in total. The highest BCUT2D eigenvalue weighted by atomic mass is 16.2. The molecule has 31 heavy (non-hydrogen) atoms. The van der Waals surface area contributed by atoms with Crippen molar-refractivity contribution in [3.63, 3.8) is 0 Å². The Hall–Kier alpha value is -1.68. The highest BCUT2D eigenvalue weighted by molar-refractivity contribution is 5.84. The lowest BCUT2D eigenvalue weighted by Crippen LogP contribution is -2.64. The summed E-state index contributed by atoms with van der Waals surface area (Å²) in [5.41, 5.74) is 7.84. The number of rotatable bonds is 4. The molecule has 3 atom stereocenters. The zero-order chi connectivity index (χ0) is 21.9. The molecule has 4 nitrogen and oxygen atoms in total. The third kappa shape index (κ3) is 3.37. The van der Waals surface area contributed by atoms with Gasteiger partial charge in [0.15, 0.2) is 0 Å². The van der Waals surface area contributed by atoms with Crippen LogP contribution in [0.25, 0.3) is 0 Å². The van der Waals surface area contributed by atoms with E-state index in [0.29, 0.717) is 23.7 Å². The quantitative estimate of drug-likeness (QED) is 0.731. The fourth-order valence-corrected chi connectivity index (χ4v) is 8.12. The van der Waals surface area contributed by atoms with Gasteiger partial charge in [0, 0.05) is 26.2 Å². The molecular formula is C27H39N3O. The summed E-state index contributed by atoms with van der Waals surface area (Å²) >= 11 is 0. The summed E-state index contributed by atoms with van der Waals surface area (Å²) in [5, 5.41) is 0. The van der Waals surface area contributed by atoms with Crippen LogP contribution in [0.1, 0.15) is 64.4 Å². The van der Waals surface area contributed by atoms with Gasteiger partial charge in [-0.15, -0.1) is 0 Å². The molecule has 6 rings (SSSR count). The maximum Gasteiger partial charge on any atom is 0.228 e. The molecule has 168 valence electrons. The first kappa shape index (κ1) is 21.2. The minimum absolute atomic E-state index is 0.00650. The van der Waals surface area contributed by atoms with Gasteiger partial charge in [0.05, 0.1) is 5.41 Å². The van der Waals surface area contributed by atoms with E-state index in [1.165, 1.54) is 18.4 Å². The average molecular weight is 422 g/mol. The summed E-state index contributed by atoms with van der Waals surface area (Å²) < 4.78 is 0. The number of nitrogens with two attached hydrogens (primary N) is 1. The number of amides is 1. The molecule has 1 heterocycles. The molecular weight excluding hydrogens is 382 g/mol. The van der Waals surface area contributed by atoms with Crippen LogP contribution in [0.3, 0.4) is 0 Å². The van der Waals surface area contributed by atoms with Crippen molar-refractivity contribution in [2.75, 3.05) is 20.1 Å². The number of hydrogen-bond acceptors (Lipinski definition) is 3. The van der Waals surface area contributed by atoms with Crippen molar-refractivity contribution in [1.82, 2.24) is 4.90 Å². The van der Waals surface area contributed by atoms with Gasteiger partial charge in [-0.1, -0.05) is 44.2 Å². The Balaban J connectivity index is 1.49. The van der Waals surface area contributed by atoms with Crippen LogP contribution >= 0.6 is 0 Å². The van der Waals surface area contributed by atoms with Crippen molar-refractivity contribution in [2.24, 2.45) is 39.3 Å². The van der Waals surface area contributed by atoms with Gasteiger partial charge in [-0.05, 0) is 85.3 Å². The Morgan fingerprint density at radius 1 is 1.16 bits per heavy atom. The molecule has 1 aromatic rings. The Labute approximate surface area is 187 Å². The minimum Gasteiger partial charge on any atom is -0.342 e. The van der Waals surface area contributed by atoms with Gasteiger partial charge < -0.3 is 15.6 Å². The van der Waals surface area contributed by atoms with Gasteiger partial charge in [0.1, 0.15) is 0 Å². The third-order valence-electron chi connectivity index (χ3n) is 9.50. The maximum absolute atomic E-state index is 14.2. The minimum atomic E-state index is -0.182. The zero-order valence-corrected chi connectivity index (χ0v) is 19.5. The Bertz CT molecular complexity index is 844. The highest BCUT2D eigenvalue weighted by Crippen LogP contribution is 2.68. The van der Waals surface area contributed by atoms with E-state index < -0.39 is 0 Å². The highest BCUT2D eigenvalue weighted by Gasteiger charge is 2.64. The molecule has 4 aliphatic carbocycles. The van der Waals surface area contributed by atoms with Crippen molar-refractivity contribution in [3.05, 3.63) is 35.9 Å². The number of benzene rings is 1. The van der Waals surface area contributed by atoms with Gasteiger partial charge in [-0.3, -0.25) is 4.79 Å². The van der Waals surface area contributed by atoms with E-state index in [4.69, 9.17) is 5.73 Å². The molecule has 0 spiro atoms. The smallest absolute Gasteiger partial charge is 0.228 e. The second kappa shape index (κ2) is 7.43. The van der Waals surface area contributed by atoms with Crippen LogP contribution in [0.4, 0.5) is 0 Å². The molecule has 5 fully saturated rings. The van der Waals surface area contributed by atoms with Crippen LogP contribution in [0.5, 0.6) is 0 Å². The first-order valence-electron chi connectivity index (χ1n) is 12.3. The summed E-state index contributed by atoms with van der Waals surface area (Å²) in [7, 11) is 1.88. The topological polar surface area (TPSA) is 58.7 Å². The first-order chi connectivity index (χ1) is 14.8. The lowest BCUT2D eigenvalue weighted by Gasteiger charge is -2.65. The summed E-state index contributed by atoms with van der Waals surface area (Å²) in [5.74, 6) is 2.38. The van der Waals surface area contributed by atoms with E-state index in [1.54, 1.807) is 0 Å². The molecule has 0 aromatic heterocycles. The van der Waals surface area contributed by atoms with E-state index in [1.807, 2.05) is 7.05 Å². The molecule has 1 aromatic carbocycles. The van der Waals surface area contributed by atoms with Gasteiger partial charge in [0.2, 0.25) is 5.91 Å². The monoisotopic (exact) mass is 421 g/mol. The van der Waals surface area contributed by atoms with Crippen molar-refractivity contribution in [3.8, 4) is 0 Å². The van der Waals surface area contributed by atoms with Gasteiger partial charge in [-0.25, -0.2) is 0 Å². The molecule has 5 aliphatic rings. The number of nitrogens with zero attached hydrogens (tertiary/aromatic N) is 2. The SMILES string of the molecule is CN=CCC1C2CC3(C(=O)N4CC[C@H](N)C(C)(C)C4)CC1CC(c1ccccc1)(C2)C3. The van der Waals surface area contributed by atoms with Crippen LogP contribution < -0.4 is 5.73 Å². The predicted molar refractivity (Wildman–Crippen MR) is 126 cm³/mol. The zero-order valence-electron chi connectivity index (χ0n) is 19.5. The summed E-state index contributed by atoms with van der Waals surface area (Å²) in [6.07, 6.45) is 9.76. The third-order valence-corrected chi connectivity index (χ3v) is 9.50. The fraction of sp³-hybridized carbons (Fsp3) is 0.704. The van der Waals surface area contributed by atoms with Crippen molar-refractivity contribution in [2.45, 2.75) is 70.3 Å². The lowest BCUT2D eigenvalue weighted by molar-refractivity contribution is -0.170. The number of aliphatic imine (C=N–C) groups is 1. The van der Waals surface area contributed by atoms with Crippen molar-refractivity contribution in [1.29, 1.82) is 0 Å². The van der Waals surface area contributed by atoms with Crippen LogP contribution in [0, 0.1) is 28.6 Å². The molecule has 2 unspecified atom stereocenters. The van der Waals surface area contributed by atoms with E-state index in [-0.39, 0.29) is 22.3 Å². The number of hydrogen-bond donors (Lipinski definition) is 1. The van der Waals surface area contributed by atoms with Crippen molar-refractivity contribution < 1.29 is 4.79 Å². The normalized spacial score (nSPS) is 41.1. The number of likely N-dealkylation sites (tertiary alicyclic amines) is 1. The summed E-state index contributed by atoms with van der Waals surface area (Å²) in [4.78, 5) is 20.7. The Morgan fingerprint density at radius 2 is 1.84 bits per heavy atom. The van der Waals surface area contributed by atoms with E-state index in [9.17, 15) is 4.79 Å². The lowest BCUT2D eigenvalue weighted by atomic mass is 9.39. The van der Waals surface area contributed by atoms with Gasteiger partial charge >= 0.3 is 0 Å². The molecule has 1 aliphatic heterocycles. The fourth-order valence-electron chi connectivity index (χ4n) is 8.12. The van der Waals surface area contributed by atoms with Crippen LogP contribution in [-0.4, -0.2) is 43.2 Å². The predicted octanol–water partition coefficient (Wildman–Crippen LogP) is 4.43. The molecule has 1 amide bonds. The van der Waals surface area contributed by atoms with Gasteiger partial charge in [0.25, 0.3) is 0 Å². The Kier molecular flexibility index (Phi) is 5.08. The molecule has 4 heteroatoms.